The lowest BCUT2D eigenvalue weighted by Gasteiger charge is -2.13. The quantitative estimate of drug-likeness (QED) is 0.536. The minimum absolute atomic E-state index is 0.227. The van der Waals surface area contributed by atoms with Crippen molar-refractivity contribution in [3.63, 3.8) is 0 Å². The fourth-order valence-electron chi connectivity index (χ4n) is 3.72. The van der Waals surface area contributed by atoms with Crippen molar-refractivity contribution in [1.29, 1.82) is 0 Å². The Kier molecular flexibility index (Phi) is 5.30. The summed E-state index contributed by atoms with van der Waals surface area (Å²) in [7, 11) is 1.72. The molecule has 0 aliphatic rings. The van der Waals surface area contributed by atoms with E-state index in [0.717, 1.165) is 21.4 Å². The van der Waals surface area contributed by atoms with Crippen molar-refractivity contribution in [2.75, 3.05) is 5.32 Å². The van der Waals surface area contributed by atoms with Crippen molar-refractivity contribution in [1.82, 2.24) is 13.7 Å². The van der Waals surface area contributed by atoms with Gasteiger partial charge in [-0.2, -0.15) is 0 Å². The predicted molar refractivity (Wildman–Crippen MR) is 122 cm³/mol. The Hall–Kier alpha value is -3.94. The zero-order chi connectivity index (χ0) is 23.2. The van der Waals surface area contributed by atoms with Gasteiger partial charge in [-0.15, -0.1) is 0 Å². The van der Waals surface area contributed by atoms with Crippen LogP contribution in [0.5, 0.6) is 0 Å². The van der Waals surface area contributed by atoms with Crippen LogP contribution in [-0.4, -0.2) is 19.6 Å². The topological polar surface area (TPSA) is 78.0 Å². The molecule has 0 aliphatic heterocycles. The maximum absolute atomic E-state index is 13.4. The van der Waals surface area contributed by atoms with Gasteiger partial charge in [0.15, 0.2) is 0 Å². The lowest BCUT2D eigenvalue weighted by atomic mass is 10.1. The van der Waals surface area contributed by atoms with E-state index in [-0.39, 0.29) is 17.7 Å². The van der Waals surface area contributed by atoms with E-state index >= 15 is 0 Å². The number of nitrogens with zero attached hydrogens (tertiary/aromatic N) is 3. The van der Waals surface area contributed by atoms with Gasteiger partial charge < -0.3 is 9.88 Å². The summed E-state index contributed by atoms with van der Waals surface area (Å²) in [5, 5.41) is 2.81. The largest absolute Gasteiger partial charge is 0.342 e. The summed E-state index contributed by atoms with van der Waals surface area (Å²) in [5.41, 5.74) is 3.20. The molecule has 7 nitrogen and oxygen atoms in total. The summed E-state index contributed by atoms with van der Waals surface area (Å²) in [6.07, 6.45) is 0. The first-order valence-corrected chi connectivity index (χ1v) is 10.1. The third-order valence-corrected chi connectivity index (χ3v) is 5.75. The Balaban J connectivity index is 1.84. The molecule has 0 bridgehead atoms. The molecule has 2 aromatic carbocycles. The SMILES string of the molecule is Cc1ccc(NC(=O)Cn2c(=O)n(-c3ccc(F)cc3)c(=O)c3c2cc(C)n3C)cc1C. The molecule has 0 fully saturated rings. The van der Waals surface area contributed by atoms with Gasteiger partial charge in [0.05, 0.1) is 11.2 Å². The second kappa shape index (κ2) is 7.96. The van der Waals surface area contributed by atoms with Crippen LogP contribution in [0, 0.1) is 26.6 Å². The van der Waals surface area contributed by atoms with E-state index in [4.69, 9.17) is 0 Å². The molecule has 4 aromatic rings. The Morgan fingerprint density at radius 2 is 1.66 bits per heavy atom. The monoisotopic (exact) mass is 434 g/mol. The second-order valence-corrected chi connectivity index (χ2v) is 7.91. The van der Waals surface area contributed by atoms with Gasteiger partial charge >= 0.3 is 5.69 Å². The van der Waals surface area contributed by atoms with Crippen LogP contribution in [0.3, 0.4) is 0 Å². The number of halogens is 1. The van der Waals surface area contributed by atoms with Gasteiger partial charge in [0, 0.05) is 18.4 Å². The van der Waals surface area contributed by atoms with Crippen LogP contribution in [-0.2, 0) is 18.4 Å². The van der Waals surface area contributed by atoms with Gasteiger partial charge in [-0.1, -0.05) is 6.07 Å². The van der Waals surface area contributed by atoms with Crippen LogP contribution in [0.15, 0.2) is 58.1 Å². The number of benzene rings is 2. The summed E-state index contributed by atoms with van der Waals surface area (Å²) in [6, 6.07) is 12.3. The number of carbonyl (C=O) groups is 1. The summed E-state index contributed by atoms with van der Waals surface area (Å²) in [4.78, 5) is 39.4. The number of aromatic nitrogens is 3. The van der Waals surface area contributed by atoms with Crippen molar-refractivity contribution in [3.8, 4) is 5.69 Å². The van der Waals surface area contributed by atoms with E-state index in [1.165, 1.54) is 28.8 Å². The Morgan fingerprint density at radius 1 is 0.969 bits per heavy atom. The number of hydrogen-bond acceptors (Lipinski definition) is 3. The molecular formula is C24H23FN4O3. The van der Waals surface area contributed by atoms with Crippen molar-refractivity contribution in [2.45, 2.75) is 27.3 Å². The van der Waals surface area contributed by atoms with E-state index in [2.05, 4.69) is 5.32 Å². The van der Waals surface area contributed by atoms with Gasteiger partial charge in [-0.25, -0.2) is 13.8 Å². The molecule has 0 saturated carbocycles. The van der Waals surface area contributed by atoms with E-state index in [0.29, 0.717) is 11.2 Å². The predicted octanol–water partition coefficient (Wildman–Crippen LogP) is 3.19. The van der Waals surface area contributed by atoms with E-state index < -0.39 is 23.0 Å². The minimum Gasteiger partial charge on any atom is -0.342 e. The van der Waals surface area contributed by atoms with Crippen LogP contribution in [0.4, 0.5) is 10.1 Å². The Morgan fingerprint density at radius 3 is 2.31 bits per heavy atom. The second-order valence-electron chi connectivity index (χ2n) is 7.91. The van der Waals surface area contributed by atoms with Crippen molar-refractivity contribution in [2.24, 2.45) is 7.05 Å². The van der Waals surface area contributed by atoms with Crippen LogP contribution in [0.2, 0.25) is 0 Å². The molecule has 8 heteroatoms. The zero-order valence-electron chi connectivity index (χ0n) is 18.3. The number of nitrogens with one attached hydrogen (secondary N) is 1. The fraction of sp³-hybridized carbons (Fsp3) is 0.208. The van der Waals surface area contributed by atoms with Gasteiger partial charge in [0.2, 0.25) is 5.91 Å². The minimum atomic E-state index is -0.671. The van der Waals surface area contributed by atoms with E-state index in [1.807, 2.05) is 32.9 Å². The third-order valence-electron chi connectivity index (χ3n) is 5.75. The maximum atomic E-state index is 13.4. The molecule has 0 atom stereocenters. The zero-order valence-corrected chi connectivity index (χ0v) is 18.3. The van der Waals surface area contributed by atoms with Crippen LogP contribution < -0.4 is 16.6 Å². The average Bonchev–Trinajstić information content (AvgIpc) is 3.04. The summed E-state index contributed by atoms with van der Waals surface area (Å²) < 4.78 is 17.3. The van der Waals surface area contributed by atoms with Gasteiger partial charge in [0.25, 0.3) is 5.56 Å². The number of rotatable bonds is 4. The molecular weight excluding hydrogens is 411 g/mol. The first-order valence-electron chi connectivity index (χ1n) is 10.1. The van der Waals surface area contributed by atoms with Crippen LogP contribution >= 0.6 is 0 Å². The van der Waals surface area contributed by atoms with Gasteiger partial charge in [-0.05, 0) is 74.4 Å². The van der Waals surface area contributed by atoms with E-state index in [9.17, 15) is 18.8 Å². The summed E-state index contributed by atoms with van der Waals surface area (Å²) in [5.74, 6) is -0.881. The molecule has 4 rings (SSSR count). The Labute approximate surface area is 183 Å². The number of hydrogen-bond donors (Lipinski definition) is 1. The summed E-state index contributed by atoms with van der Waals surface area (Å²) >= 11 is 0. The average molecular weight is 434 g/mol. The normalized spacial score (nSPS) is 11.2. The highest BCUT2D eigenvalue weighted by atomic mass is 19.1. The molecule has 1 N–H and O–H groups in total. The number of carbonyl (C=O) groups excluding carboxylic acids is 1. The number of fused-ring (bicyclic) bond motifs is 1. The molecule has 0 aliphatic carbocycles. The maximum Gasteiger partial charge on any atom is 0.336 e. The molecule has 0 radical (unpaired) electrons. The van der Waals surface area contributed by atoms with Crippen molar-refractivity contribution >= 4 is 22.6 Å². The molecule has 1 amide bonds. The van der Waals surface area contributed by atoms with Crippen molar-refractivity contribution < 1.29 is 9.18 Å². The highest BCUT2D eigenvalue weighted by molar-refractivity contribution is 5.91. The molecule has 32 heavy (non-hydrogen) atoms. The smallest absolute Gasteiger partial charge is 0.336 e. The number of amides is 1. The standard InChI is InChI=1S/C24H23FN4O3/c1-14-5-8-18(11-15(14)2)26-21(30)13-28-20-12-16(3)27(4)22(20)23(31)29(24(28)32)19-9-6-17(25)7-10-19/h5-12H,13H2,1-4H3,(H,26,30). The molecule has 0 saturated heterocycles. The lowest BCUT2D eigenvalue weighted by molar-refractivity contribution is -0.116. The molecule has 164 valence electrons. The first kappa shape index (κ1) is 21.3. The fourth-order valence-corrected chi connectivity index (χ4v) is 3.72. The number of aryl methyl sites for hydroxylation is 4. The number of anilines is 1. The summed E-state index contributed by atoms with van der Waals surface area (Å²) in [6.45, 7) is 5.46. The molecule has 2 heterocycles. The molecule has 0 unspecified atom stereocenters. The van der Waals surface area contributed by atoms with Crippen LogP contribution in [0.1, 0.15) is 16.8 Å². The molecule has 0 spiro atoms. The van der Waals surface area contributed by atoms with Gasteiger partial charge in [-0.3, -0.25) is 14.2 Å². The van der Waals surface area contributed by atoms with Crippen LogP contribution in [0.25, 0.3) is 16.7 Å². The highest BCUT2D eigenvalue weighted by Crippen LogP contribution is 2.17. The lowest BCUT2D eigenvalue weighted by Crippen LogP contribution is -2.41. The Bertz CT molecular complexity index is 1480. The van der Waals surface area contributed by atoms with E-state index in [1.54, 1.807) is 23.7 Å². The first-order chi connectivity index (χ1) is 15.2. The highest BCUT2D eigenvalue weighted by Gasteiger charge is 2.20. The molecule has 2 aromatic heterocycles. The van der Waals surface area contributed by atoms with Crippen molar-refractivity contribution in [3.05, 3.63) is 92.0 Å². The van der Waals surface area contributed by atoms with Gasteiger partial charge in [0.1, 0.15) is 17.9 Å². The third kappa shape index (κ3) is 3.64.